The van der Waals surface area contributed by atoms with Crippen molar-refractivity contribution in [2.24, 2.45) is 34.5 Å². The standard InChI is InChI=1S/C26H33NO2S/c1-25-14-12-20-18(8-11-22-26(20,2)15-13-23(28)30-22)19(25)9-10-21(25)24(29)27-16-17-6-4-3-5-7-17/h3-7,13,15,18-22H,8-12,14,16H2,1-2H3,(H,27,29)/t18-,19-,20+,21?,22?,25-,26+/m0/s1. The van der Waals surface area contributed by atoms with Gasteiger partial charge in [-0.1, -0.05) is 62.0 Å². The molecule has 3 nitrogen and oxygen atoms in total. The lowest BCUT2D eigenvalue weighted by molar-refractivity contribution is -0.132. The van der Waals surface area contributed by atoms with Gasteiger partial charge >= 0.3 is 0 Å². The predicted molar refractivity (Wildman–Crippen MR) is 122 cm³/mol. The summed E-state index contributed by atoms with van der Waals surface area (Å²) in [6.07, 6.45) is 10.9. The average molecular weight is 424 g/mol. The van der Waals surface area contributed by atoms with E-state index in [0.717, 1.165) is 24.8 Å². The molecule has 1 aromatic carbocycles. The summed E-state index contributed by atoms with van der Waals surface area (Å²) in [6, 6.07) is 10.2. The molecule has 0 spiro atoms. The monoisotopic (exact) mass is 423 g/mol. The van der Waals surface area contributed by atoms with Crippen LogP contribution < -0.4 is 5.32 Å². The second-order valence-corrected chi connectivity index (χ2v) is 11.7. The van der Waals surface area contributed by atoms with Gasteiger partial charge in [0.15, 0.2) is 0 Å². The Hall–Kier alpha value is -1.55. The highest BCUT2D eigenvalue weighted by Gasteiger charge is 2.60. The van der Waals surface area contributed by atoms with Crippen LogP contribution in [0, 0.1) is 34.5 Å². The predicted octanol–water partition coefficient (Wildman–Crippen LogP) is 5.36. The summed E-state index contributed by atoms with van der Waals surface area (Å²) in [4.78, 5) is 25.2. The van der Waals surface area contributed by atoms with Crippen molar-refractivity contribution in [2.45, 2.75) is 64.2 Å². The highest BCUT2D eigenvalue weighted by atomic mass is 32.2. The number of allylic oxidation sites excluding steroid dienone is 1. The van der Waals surface area contributed by atoms with Crippen LogP contribution in [0.2, 0.25) is 0 Å². The molecule has 0 radical (unpaired) electrons. The molecular formula is C26H33NO2S. The van der Waals surface area contributed by atoms with E-state index >= 15 is 0 Å². The summed E-state index contributed by atoms with van der Waals surface area (Å²) in [6.45, 7) is 5.42. The average Bonchev–Trinajstić information content (AvgIpc) is 3.10. The molecule has 1 heterocycles. The van der Waals surface area contributed by atoms with Crippen molar-refractivity contribution in [3.05, 3.63) is 48.0 Å². The van der Waals surface area contributed by atoms with Crippen LogP contribution in [0.4, 0.5) is 0 Å². The van der Waals surface area contributed by atoms with Crippen molar-refractivity contribution in [2.75, 3.05) is 0 Å². The van der Waals surface area contributed by atoms with Crippen LogP contribution in [0.5, 0.6) is 0 Å². The summed E-state index contributed by atoms with van der Waals surface area (Å²) in [5.74, 6) is 2.36. The number of nitrogens with one attached hydrogen (secondary N) is 1. The first kappa shape index (κ1) is 20.4. The van der Waals surface area contributed by atoms with E-state index in [-0.39, 0.29) is 27.8 Å². The molecule has 5 rings (SSSR count). The van der Waals surface area contributed by atoms with Crippen molar-refractivity contribution >= 4 is 22.8 Å². The largest absolute Gasteiger partial charge is 0.352 e. The van der Waals surface area contributed by atoms with E-state index in [4.69, 9.17) is 0 Å². The quantitative estimate of drug-likeness (QED) is 0.712. The SMILES string of the molecule is C[C@]12C=CC(=O)SC1CC[C@@H]1[C@H]2CC[C@]2(C)C(C(=O)NCc3ccccc3)CC[C@@H]12. The maximum Gasteiger partial charge on any atom is 0.223 e. The fourth-order valence-electron chi connectivity index (χ4n) is 7.54. The highest BCUT2D eigenvalue weighted by Crippen LogP contribution is 2.66. The summed E-state index contributed by atoms with van der Waals surface area (Å²) in [5, 5.41) is 3.90. The number of rotatable bonds is 3. The zero-order chi connectivity index (χ0) is 20.9. The normalized spacial score (nSPS) is 42.2. The Balaban J connectivity index is 1.32. The Morgan fingerprint density at radius 3 is 2.67 bits per heavy atom. The number of benzene rings is 1. The molecule has 4 heteroatoms. The molecule has 2 unspecified atom stereocenters. The molecule has 1 aromatic rings. The highest BCUT2D eigenvalue weighted by molar-refractivity contribution is 8.14. The Morgan fingerprint density at radius 1 is 1.07 bits per heavy atom. The number of amides is 1. The molecule has 3 aliphatic carbocycles. The number of fused-ring (bicyclic) bond motifs is 5. The molecule has 1 amide bonds. The lowest BCUT2D eigenvalue weighted by Crippen LogP contribution is -2.54. The maximum atomic E-state index is 13.2. The van der Waals surface area contributed by atoms with Crippen molar-refractivity contribution in [1.82, 2.24) is 5.32 Å². The van der Waals surface area contributed by atoms with E-state index in [0.29, 0.717) is 29.5 Å². The van der Waals surface area contributed by atoms with Crippen LogP contribution in [0.3, 0.4) is 0 Å². The number of carbonyl (C=O) groups excluding carboxylic acids is 2. The number of hydrogen-bond acceptors (Lipinski definition) is 3. The van der Waals surface area contributed by atoms with Gasteiger partial charge in [-0.25, -0.2) is 0 Å². The van der Waals surface area contributed by atoms with Crippen molar-refractivity contribution < 1.29 is 9.59 Å². The van der Waals surface area contributed by atoms with Gasteiger partial charge in [-0.15, -0.1) is 0 Å². The van der Waals surface area contributed by atoms with Crippen molar-refractivity contribution in [3.63, 3.8) is 0 Å². The number of carbonyl (C=O) groups is 2. The molecular weight excluding hydrogens is 390 g/mol. The van der Waals surface area contributed by atoms with Gasteiger partial charge in [0, 0.05) is 23.1 Å². The summed E-state index contributed by atoms with van der Waals surface area (Å²) in [5.41, 5.74) is 1.42. The fourth-order valence-corrected chi connectivity index (χ4v) is 8.73. The van der Waals surface area contributed by atoms with Gasteiger partial charge in [0.1, 0.15) is 0 Å². The molecule has 3 saturated carbocycles. The van der Waals surface area contributed by atoms with Crippen LogP contribution in [-0.2, 0) is 16.1 Å². The molecule has 7 atom stereocenters. The Bertz CT molecular complexity index is 867. The van der Waals surface area contributed by atoms with E-state index in [2.05, 4.69) is 37.4 Å². The van der Waals surface area contributed by atoms with Gasteiger partial charge in [0.25, 0.3) is 0 Å². The third kappa shape index (κ3) is 3.18. The third-order valence-electron chi connectivity index (χ3n) is 9.16. The van der Waals surface area contributed by atoms with Crippen LogP contribution in [0.25, 0.3) is 0 Å². The first-order chi connectivity index (χ1) is 14.4. The van der Waals surface area contributed by atoms with Crippen LogP contribution >= 0.6 is 11.8 Å². The van der Waals surface area contributed by atoms with Crippen molar-refractivity contribution in [1.29, 1.82) is 0 Å². The molecule has 4 aliphatic rings. The smallest absolute Gasteiger partial charge is 0.223 e. The zero-order valence-corrected chi connectivity index (χ0v) is 18.9. The molecule has 0 bridgehead atoms. The topological polar surface area (TPSA) is 46.2 Å². The van der Waals surface area contributed by atoms with E-state index in [9.17, 15) is 9.59 Å². The van der Waals surface area contributed by atoms with Gasteiger partial charge < -0.3 is 5.32 Å². The summed E-state index contributed by atoms with van der Waals surface area (Å²) in [7, 11) is 0. The first-order valence-electron chi connectivity index (χ1n) is 11.6. The van der Waals surface area contributed by atoms with Gasteiger partial charge in [0.2, 0.25) is 11.0 Å². The lowest BCUT2D eigenvalue weighted by Gasteiger charge is -2.58. The molecule has 160 valence electrons. The molecule has 3 fully saturated rings. The van der Waals surface area contributed by atoms with Crippen molar-refractivity contribution in [3.8, 4) is 0 Å². The Labute approximate surface area is 184 Å². The minimum absolute atomic E-state index is 0.118. The third-order valence-corrected chi connectivity index (χ3v) is 10.6. The van der Waals surface area contributed by atoms with Gasteiger partial charge in [-0.2, -0.15) is 0 Å². The zero-order valence-electron chi connectivity index (χ0n) is 18.1. The van der Waals surface area contributed by atoms with E-state index in [1.54, 1.807) is 11.8 Å². The Morgan fingerprint density at radius 2 is 1.87 bits per heavy atom. The summed E-state index contributed by atoms with van der Waals surface area (Å²) < 4.78 is 0. The molecule has 0 saturated heterocycles. The van der Waals surface area contributed by atoms with Gasteiger partial charge in [-0.3, -0.25) is 9.59 Å². The van der Waals surface area contributed by atoms with E-state index in [1.807, 2.05) is 24.3 Å². The molecule has 0 aromatic heterocycles. The molecule has 30 heavy (non-hydrogen) atoms. The molecule has 1 N–H and O–H groups in total. The van der Waals surface area contributed by atoms with Crippen LogP contribution in [0.15, 0.2) is 42.5 Å². The Kier molecular flexibility index (Phi) is 5.12. The second-order valence-electron chi connectivity index (χ2n) is 10.5. The first-order valence-corrected chi connectivity index (χ1v) is 12.5. The van der Waals surface area contributed by atoms with Gasteiger partial charge in [0.05, 0.1) is 0 Å². The van der Waals surface area contributed by atoms with E-state index < -0.39 is 0 Å². The van der Waals surface area contributed by atoms with E-state index in [1.165, 1.54) is 19.3 Å². The molecule has 1 aliphatic heterocycles. The number of hydrogen-bond donors (Lipinski definition) is 1. The number of thioether (sulfide) groups is 1. The van der Waals surface area contributed by atoms with Crippen LogP contribution in [-0.4, -0.2) is 16.3 Å². The maximum absolute atomic E-state index is 13.2. The minimum atomic E-state index is 0.118. The second kappa shape index (κ2) is 7.55. The fraction of sp³-hybridized carbons (Fsp3) is 0.615. The lowest BCUT2D eigenvalue weighted by atomic mass is 9.49. The van der Waals surface area contributed by atoms with Gasteiger partial charge in [-0.05, 0) is 73.3 Å². The van der Waals surface area contributed by atoms with Crippen LogP contribution in [0.1, 0.15) is 57.9 Å². The minimum Gasteiger partial charge on any atom is -0.352 e. The summed E-state index contributed by atoms with van der Waals surface area (Å²) >= 11 is 1.57.